The van der Waals surface area contributed by atoms with Crippen molar-refractivity contribution in [3.63, 3.8) is 0 Å². The highest BCUT2D eigenvalue weighted by Crippen LogP contribution is 2.29. The predicted octanol–water partition coefficient (Wildman–Crippen LogP) is 6.35. The second kappa shape index (κ2) is 14.7. The maximum Gasteiger partial charge on any atom is 0.264 e. The number of halogens is 1. The molecule has 0 spiro atoms. The molecule has 4 aromatic rings. The second-order valence-corrected chi connectivity index (χ2v) is 13.6. The summed E-state index contributed by atoms with van der Waals surface area (Å²) in [6.07, 6.45) is 0.267. The van der Waals surface area contributed by atoms with Crippen molar-refractivity contribution in [2.24, 2.45) is 0 Å². The van der Waals surface area contributed by atoms with E-state index in [9.17, 15) is 18.0 Å². The fourth-order valence-electron chi connectivity index (χ4n) is 4.97. The molecule has 0 aliphatic rings. The van der Waals surface area contributed by atoms with Crippen LogP contribution < -0.4 is 9.62 Å². The lowest BCUT2D eigenvalue weighted by Gasteiger charge is -2.34. The minimum Gasteiger partial charge on any atom is -0.355 e. The molecule has 2 amide bonds. The lowest BCUT2D eigenvalue weighted by atomic mass is 10.0. The van der Waals surface area contributed by atoms with Crippen molar-refractivity contribution < 1.29 is 18.0 Å². The van der Waals surface area contributed by atoms with Crippen molar-refractivity contribution in [3.8, 4) is 0 Å². The van der Waals surface area contributed by atoms with Gasteiger partial charge in [-0.2, -0.15) is 0 Å². The predicted molar refractivity (Wildman–Crippen MR) is 179 cm³/mol. The summed E-state index contributed by atoms with van der Waals surface area (Å²) >= 11 is 3.46. The van der Waals surface area contributed by atoms with Crippen molar-refractivity contribution in [2.45, 2.75) is 51.6 Å². The summed E-state index contributed by atoms with van der Waals surface area (Å²) in [4.78, 5) is 29.7. The molecule has 4 aromatic carbocycles. The van der Waals surface area contributed by atoms with Gasteiger partial charge in [-0.1, -0.05) is 88.2 Å². The van der Waals surface area contributed by atoms with Crippen molar-refractivity contribution in [1.29, 1.82) is 0 Å². The Balaban J connectivity index is 1.82. The van der Waals surface area contributed by atoms with Gasteiger partial charge >= 0.3 is 0 Å². The number of nitrogens with one attached hydrogen (secondary N) is 1. The summed E-state index contributed by atoms with van der Waals surface area (Å²) in [5.74, 6) is -0.793. The number of hydrogen-bond acceptors (Lipinski definition) is 4. The average molecular weight is 677 g/mol. The summed E-state index contributed by atoms with van der Waals surface area (Å²) in [5, 5.41) is 2.89. The first-order chi connectivity index (χ1) is 21.0. The molecule has 230 valence electrons. The number of benzene rings is 4. The number of hydrogen-bond donors (Lipinski definition) is 1. The van der Waals surface area contributed by atoms with Crippen LogP contribution in [0.15, 0.2) is 106 Å². The number of sulfonamides is 1. The van der Waals surface area contributed by atoms with Crippen LogP contribution in [0.25, 0.3) is 0 Å². The fourth-order valence-corrected chi connectivity index (χ4v) is 6.71. The molecule has 0 aromatic heterocycles. The van der Waals surface area contributed by atoms with Gasteiger partial charge in [0.15, 0.2) is 0 Å². The largest absolute Gasteiger partial charge is 0.355 e. The van der Waals surface area contributed by atoms with E-state index in [4.69, 9.17) is 0 Å². The summed E-state index contributed by atoms with van der Waals surface area (Å²) < 4.78 is 30.5. The third-order valence-electron chi connectivity index (χ3n) is 7.41. The van der Waals surface area contributed by atoms with E-state index in [2.05, 4.69) is 21.2 Å². The molecule has 0 radical (unpaired) electrons. The molecule has 0 aliphatic carbocycles. The Kier molecular flexibility index (Phi) is 11.0. The molecule has 1 N–H and O–H groups in total. The fraction of sp³-hybridized carbons (Fsp3) is 0.257. The Bertz CT molecular complexity index is 1690. The van der Waals surface area contributed by atoms with Gasteiger partial charge in [0.2, 0.25) is 11.8 Å². The maximum atomic E-state index is 14.5. The minimum absolute atomic E-state index is 0.0841. The number of rotatable bonds is 12. The zero-order chi connectivity index (χ0) is 31.9. The van der Waals surface area contributed by atoms with Crippen molar-refractivity contribution in [2.75, 3.05) is 17.4 Å². The van der Waals surface area contributed by atoms with E-state index in [-0.39, 0.29) is 23.8 Å². The Labute approximate surface area is 269 Å². The van der Waals surface area contributed by atoms with Crippen LogP contribution in [0.5, 0.6) is 0 Å². The normalized spacial score (nSPS) is 11.9. The molecular weight excluding hydrogens is 638 g/mol. The van der Waals surface area contributed by atoms with Crippen LogP contribution in [-0.2, 0) is 32.6 Å². The third kappa shape index (κ3) is 8.15. The second-order valence-electron chi connectivity index (χ2n) is 10.9. The quantitative estimate of drug-likeness (QED) is 0.190. The molecule has 0 heterocycles. The molecule has 44 heavy (non-hydrogen) atoms. The lowest BCUT2D eigenvalue weighted by molar-refractivity contribution is -0.140. The third-order valence-corrected chi connectivity index (χ3v) is 9.71. The van der Waals surface area contributed by atoms with Crippen LogP contribution in [0.2, 0.25) is 0 Å². The van der Waals surface area contributed by atoms with E-state index in [1.54, 1.807) is 30.3 Å². The monoisotopic (exact) mass is 675 g/mol. The number of aryl methyl sites for hydroxylation is 3. The topological polar surface area (TPSA) is 86.8 Å². The highest BCUT2D eigenvalue weighted by Gasteiger charge is 2.35. The number of anilines is 1. The number of nitrogens with zero attached hydrogens (tertiary/aromatic N) is 2. The lowest BCUT2D eigenvalue weighted by Crippen LogP contribution is -2.53. The highest BCUT2D eigenvalue weighted by molar-refractivity contribution is 9.10. The Morgan fingerprint density at radius 3 is 2.09 bits per heavy atom. The maximum absolute atomic E-state index is 14.5. The van der Waals surface area contributed by atoms with Crippen LogP contribution in [-0.4, -0.2) is 44.3 Å². The van der Waals surface area contributed by atoms with Gasteiger partial charge in [-0.3, -0.25) is 13.9 Å². The summed E-state index contributed by atoms with van der Waals surface area (Å²) in [5.41, 5.74) is 4.60. The number of carbonyl (C=O) groups excluding carboxylic acids is 2. The van der Waals surface area contributed by atoms with Crippen molar-refractivity contribution >= 4 is 43.5 Å². The van der Waals surface area contributed by atoms with Gasteiger partial charge in [-0.15, -0.1) is 0 Å². The molecule has 0 unspecified atom stereocenters. The molecule has 0 bridgehead atoms. The van der Waals surface area contributed by atoms with Crippen LogP contribution in [0.3, 0.4) is 0 Å². The first-order valence-corrected chi connectivity index (χ1v) is 16.7. The van der Waals surface area contributed by atoms with Gasteiger partial charge in [0.1, 0.15) is 12.6 Å². The van der Waals surface area contributed by atoms with Crippen molar-refractivity contribution in [1.82, 2.24) is 10.2 Å². The smallest absolute Gasteiger partial charge is 0.264 e. The summed E-state index contributed by atoms with van der Waals surface area (Å²) in [7, 11) is -4.15. The highest BCUT2D eigenvalue weighted by atomic mass is 79.9. The van der Waals surface area contributed by atoms with E-state index in [0.717, 1.165) is 26.7 Å². The van der Waals surface area contributed by atoms with E-state index >= 15 is 0 Å². The molecular formula is C35H38BrN3O4S. The molecule has 0 fully saturated rings. The van der Waals surface area contributed by atoms with Gasteiger partial charge in [0.05, 0.1) is 10.6 Å². The Hall–Kier alpha value is -3.95. The average Bonchev–Trinajstić information content (AvgIpc) is 3.00. The van der Waals surface area contributed by atoms with Crippen LogP contribution in [0, 0.1) is 20.8 Å². The summed E-state index contributed by atoms with van der Waals surface area (Å²) in [6.45, 7) is 7.44. The first-order valence-electron chi connectivity index (χ1n) is 14.5. The van der Waals surface area contributed by atoms with Gasteiger partial charge in [-0.05, 0) is 80.3 Å². The zero-order valence-corrected chi connectivity index (χ0v) is 27.9. The van der Waals surface area contributed by atoms with Gasteiger partial charge in [-0.25, -0.2) is 8.42 Å². The van der Waals surface area contributed by atoms with Crippen LogP contribution in [0.4, 0.5) is 5.69 Å². The molecule has 4 rings (SSSR count). The first kappa shape index (κ1) is 33.0. The number of amides is 2. The van der Waals surface area contributed by atoms with Gasteiger partial charge in [0, 0.05) is 24.0 Å². The number of likely N-dealkylation sites (N-methyl/N-ethyl adjacent to an activating group) is 1. The molecule has 0 saturated carbocycles. The Morgan fingerprint density at radius 1 is 0.818 bits per heavy atom. The molecule has 7 nitrogen and oxygen atoms in total. The van der Waals surface area contributed by atoms with E-state index in [1.165, 1.54) is 9.21 Å². The van der Waals surface area contributed by atoms with E-state index in [1.807, 2.05) is 94.4 Å². The van der Waals surface area contributed by atoms with Crippen LogP contribution >= 0.6 is 15.9 Å². The van der Waals surface area contributed by atoms with Gasteiger partial charge < -0.3 is 10.2 Å². The van der Waals surface area contributed by atoms with Crippen molar-refractivity contribution in [3.05, 3.63) is 129 Å². The Morgan fingerprint density at radius 2 is 1.45 bits per heavy atom. The minimum atomic E-state index is -4.15. The van der Waals surface area contributed by atoms with E-state index < -0.39 is 28.5 Å². The summed E-state index contributed by atoms with van der Waals surface area (Å²) in [6, 6.07) is 28.3. The standard InChI is InChI=1S/C35H38BrN3O4S/c1-5-37-35(41)33(22-28-9-7-6-8-10-28)38(23-29-15-17-30(36)18-16-29)34(40)24-39(32-21-26(3)11-14-27(32)4)44(42,43)31-19-12-25(2)13-20-31/h6-21,33H,5,22-24H2,1-4H3,(H,37,41)/t33-/m1/s1. The molecule has 0 aliphatic heterocycles. The van der Waals surface area contributed by atoms with Crippen LogP contribution in [0.1, 0.15) is 34.7 Å². The molecule has 1 atom stereocenters. The number of carbonyl (C=O) groups is 2. The molecule has 9 heteroatoms. The zero-order valence-electron chi connectivity index (χ0n) is 25.5. The SMILES string of the molecule is CCNC(=O)[C@@H](Cc1ccccc1)N(Cc1ccc(Br)cc1)C(=O)CN(c1cc(C)ccc1C)S(=O)(=O)c1ccc(C)cc1. The molecule has 0 saturated heterocycles. The van der Waals surface area contributed by atoms with Gasteiger partial charge in [0.25, 0.3) is 10.0 Å². The van der Waals surface area contributed by atoms with E-state index in [0.29, 0.717) is 17.8 Å².